The minimum atomic E-state index is -1.19. The highest BCUT2D eigenvalue weighted by Crippen LogP contribution is 2.16. The standard InChI is InChI=1S/C11H14FNO3S/c1-2-17(16)6-5-13-10-4-3-8(12)7-9(10)11(14)15/h3-4,7,13H,2,5-6H2,1H3,(H,14,15). The van der Waals surface area contributed by atoms with E-state index in [2.05, 4.69) is 5.32 Å². The lowest BCUT2D eigenvalue weighted by molar-refractivity contribution is 0.0697. The number of halogens is 1. The molecule has 0 radical (unpaired) electrons. The van der Waals surface area contributed by atoms with Gasteiger partial charge in [-0.2, -0.15) is 0 Å². The predicted octanol–water partition coefficient (Wildman–Crippen LogP) is 1.70. The van der Waals surface area contributed by atoms with Gasteiger partial charge in [0.05, 0.1) is 5.56 Å². The molecule has 1 aromatic carbocycles. The molecule has 0 aliphatic rings. The second kappa shape index (κ2) is 6.34. The fourth-order valence-corrected chi connectivity index (χ4v) is 1.91. The van der Waals surface area contributed by atoms with E-state index in [9.17, 15) is 13.4 Å². The SMILES string of the molecule is CCS(=O)CCNc1ccc(F)cc1C(=O)O. The summed E-state index contributed by atoms with van der Waals surface area (Å²) < 4.78 is 24.0. The zero-order valence-corrected chi connectivity index (χ0v) is 10.2. The molecule has 0 aliphatic carbocycles. The summed E-state index contributed by atoms with van der Waals surface area (Å²) in [7, 11) is -0.906. The molecule has 17 heavy (non-hydrogen) atoms. The summed E-state index contributed by atoms with van der Waals surface area (Å²) in [5.74, 6) is -0.780. The number of nitrogens with one attached hydrogen (secondary N) is 1. The summed E-state index contributed by atoms with van der Waals surface area (Å²) in [4.78, 5) is 10.9. The van der Waals surface area contributed by atoms with Gasteiger partial charge in [-0.1, -0.05) is 6.92 Å². The summed E-state index contributed by atoms with van der Waals surface area (Å²) in [6, 6.07) is 3.51. The van der Waals surface area contributed by atoms with E-state index in [-0.39, 0.29) is 5.56 Å². The Bertz CT molecular complexity index is 437. The largest absolute Gasteiger partial charge is 0.478 e. The minimum absolute atomic E-state index is 0.118. The molecule has 0 aliphatic heterocycles. The van der Waals surface area contributed by atoms with Gasteiger partial charge in [-0.15, -0.1) is 0 Å². The zero-order valence-electron chi connectivity index (χ0n) is 9.40. The van der Waals surface area contributed by atoms with E-state index in [0.29, 0.717) is 23.7 Å². The van der Waals surface area contributed by atoms with E-state index in [1.54, 1.807) is 0 Å². The lowest BCUT2D eigenvalue weighted by atomic mass is 10.1. The van der Waals surface area contributed by atoms with Crippen LogP contribution in [0.25, 0.3) is 0 Å². The third-order valence-electron chi connectivity index (χ3n) is 2.18. The van der Waals surface area contributed by atoms with Crippen molar-refractivity contribution in [1.29, 1.82) is 0 Å². The number of aromatic carboxylic acids is 1. The van der Waals surface area contributed by atoms with Crippen molar-refractivity contribution < 1.29 is 18.5 Å². The van der Waals surface area contributed by atoms with Crippen molar-refractivity contribution in [1.82, 2.24) is 0 Å². The molecule has 1 atom stereocenters. The highest BCUT2D eigenvalue weighted by atomic mass is 32.2. The Morgan fingerprint density at radius 1 is 1.53 bits per heavy atom. The van der Waals surface area contributed by atoms with Gasteiger partial charge in [-0.05, 0) is 18.2 Å². The fourth-order valence-electron chi connectivity index (χ4n) is 1.29. The quantitative estimate of drug-likeness (QED) is 0.816. The highest BCUT2D eigenvalue weighted by molar-refractivity contribution is 7.84. The first-order valence-electron chi connectivity index (χ1n) is 5.16. The molecular weight excluding hydrogens is 245 g/mol. The van der Waals surface area contributed by atoms with Crippen LogP contribution in [0, 0.1) is 5.82 Å². The minimum Gasteiger partial charge on any atom is -0.478 e. The van der Waals surface area contributed by atoms with Gasteiger partial charge in [0, 0.05) is 34.5 Å². The maximum atomic E-state index is 12.9. The molecule has 0 bridgehead atoms. The highest BCUT2D eigenvalue weighted by Gasteiger charge is 2.10. The second-order valence-electron chi connectivity index (χ2n) is 3.35. The van der Waals surface area contributed by atoms with Crippen molar-refractivity contribution >= 4 is 22.5 Å². The molecule has 0 saturated heterocycles. The zero-order chi connectivity index (χ0) is 12.8. The summed E-state index contributed by atoms with van der Waals surface area (Å²) in [5, 5.41) is 11.7. The average Bonchev–Trinajstić information content (AvgIpc) is 2.30. The number of carbonyl (C=O) groups is 1. The van der Waals surface area contributed by atoms with Crippen LogP contribution in [0.3, 0.4) is 0 Å². The van der Waals surface area contributed by atoms with Crippen LogP contribution in [0.15, 0.2) is 18.2 Å². The second-order valence-corrected chi connectivity index (χ2v) is 5.22. The van der Waals surface area contributed by atoms with Crippen LogP contribution in [-0.4, -0.2) is 33.3 Å². The van der Waals surface area contributed by atoms with E-state index in [0.717, 1.165) is 6.07 Å². The number of rotatable bonds is 6. The molecule has 0 spiro atoms. The molecule has 4 nitrogen and oxygen atoms in total. The molecule has 1 aromatic rings. The van der Waals surface area contributed by atoms with Crippen LogP contribution >= 0.6 is 0 Å². The Balaban J connectivity index is 2.70. The Morgan fingerprint density at radius 2 is 2.24 bits per heavy atom. The van der Waals surface area contributed by atoms with Crippen molar-refractivity contribution in [3.63, 3.8) is 0 Å². The molecule has 0 saturated carbocycles. The molecule has 6 heteroatoms. The summed E-state index contributed by atoms with van der Waals surface area (Å²) in [6.45, 7) is 2.21. The Labute approximate surface area is 101 Å². The number of benzene rings is 1. The Kier molecular flexibility index (Phi) is 5.09. The maximum Gasteiger partial charge on any atom is 0.337 e. The van der Waals surface area contributed by atoms with E-state index in [1.165, 1.54) is 12.1 Å². The van der Waals surface area contributed by atoms with Gasteiger partial charge >= 0.3 is 5.97 Å². The van der Waals surface area contributed by atoms with E-state index in [1.807, 2.05) is 6.92 Å². The van der Waals surface area contributed by atoms with Gasteiger partial charge in [0.15, 0.2) is 0 Å². The molecule has 0 aromatic heterocycles. The van der Waals surface area contributed by atoms with Gasteiger partial charge in [0.1, 0.15) is 5.82 Å². The summed E-state index contributed by atoms with van der Waals surface area (Å²) in [6.07, 6.45) is 0. The first kappa shape index (κ1) is 13.6. The predicted molar refractivity (Wildman–Crippen MR) is 65.4 cm³/mol. The Morgan fingerprint density at radius 3 is 2.82 bits per heavy atom. The van der Waals surface area contributed by atoms with Crippen LogP contribution in [0.1, 0.15) is 17.3 Å². The van der Waals surface area contributed by atoms with Gasteiger partial charge in [0.25, 0.3) is 0 Å². The molecule has 2 N–H and O–H groups in total. The third kappa shape index (κ3) is 4.14. The number of carboxylic acid groups (broad SMARTS) is 1. The van der Waals surface area contributed by atoms with Gasteiger partial charge in [0.2, 0.25) is 0 Å². The number of hydrogen-bond acceptors (Lipinski definition) is 3. The number of hydrogen-bond donors (Lipinski definition) is 2. The van der Waals surface area contributed by atoms with Crippen molar-refractivity contribution in [3.8, 4) is 0 Å². The smallest absolute Gasteiger partial charge is 0.337 e. The topological polar surface area (TPSA) is 66.4 Å². The average molecular weight is 259 g/mol. The molecule has 0 amide bonds. The lowest BCUT2D eigenvalue weighted by Crippen LogP contribution is -2.14. The third-order valence-corrected chi connectivity index (χ3v) is 3.48. The van der Waals surface area contributed by atoms with Crippen LogP contribution in [0.2, 0.25) is 0 Å². The Hall–Kier alpha value is -1.43. The van der Waals surface area contributed by atoms with E-state index < -0.39 is 22.6 Å². The van der Waals surface area contributed by atoms with Crippen molar-refractivity contribution in [2.24, 2.45) is 0 Å². The fraction of sp³-hybridized carbons (Fsp3) is 0.364. The molecule has 0 heterocycles. The van der Waals surface area contributed by atoms with Crippen LogP contribution in [0.4, 0.5) is 10.1 Å². The van der Waals surface area contributed by atoms with Gasteiger partial charge in [-0.25, -0.2) is 9.18 Å². The van der Waals surface area contributed by atoms with Gasteiger partial charge < -0.3 is 10.4 Å². The van der Waals surface area contributed by atoms with Gasteiger partial charge in [-0.3, -0.25) is 4.21 Å². The van der Waals surface area contributed by atoms with Crippen LogP contribution in [0.5, 0.6) is 0 Å². The van der Waals surface area contributed by atoms with Crippen LogP contribution < -0.4 is 5.32 Å². The van der Waals surface area contributed by atoms with E-state index >= 15 is 0 Å². The maximum absolute atomic E-state index is 12.9. The van der Waals surface area contributed by atoms with Crippen molar-refractivity contribution in [3.05, 3.63) is 29.6 Å². The normalized spacial score (nSPS) is 12.1. The molecule has 94 valence electrons. The molecule has 0 fully saturated rings. The van der Waals surface area contributed by atoms with Crippen molar-refractivity contribution in [2.45, 2.75) is 6.92 Å². The summed E-state index contributed by atoms with van der Waals surface area (Å²) >= 11 is 0. The van der Waals surface area contributed by atoms with Crippen LogP contribution in [-0.2, 0) is 10.8 Å². The molecular formula is C11H14FNO3S. The molecule has 1 rings (SSSR count). The first-order chi connectivity index (χ1) is 8.04. The molecule has 1 unspecified atom stereocenters. The monoisotopic (exact) mass is 259 g/mol. The lowest BCUT2D eigenvalue weighted by Gasteiger charge is -2.09. The number of anilines is 1. The first-order valence-corrected chi connectivity index (χ1v) is 6.65. The number of carboxylic acids is 1. The van der Waals surface area contributed by atoms with Crippen molar-refractivity contribution in [2.75, 3.05) is 23.4 Å². The summed E-state index contributed by atoms with van der Waals surface area (Å²) in [5.41, 5.74) is 0.222. The van der Waals surface area contributed by atoms with E-state index in [4.69, 9.17) is 5.11 Å².